The Morgan fingerprint density at radius 2 is 1.70 bits per heavy atom. The maximum atomic E-state index is 13.9. The molecule has 3 atom stereocenters. The topological polar surface area (TPSA) is 91.6 Å². The van der Waals surface area contributed by atoms with Crippen LogP contribution in [0.15, 0.2) is 65.1 Å². The van der Waals surface area contributed by atoms with Crippen LogP contribution in [0, 0.1) is 17.6 Å². The third kappa shape index (κ3) is 4.07. The number of ketones is 1. The van der Waals surface area contributed by atoms with Crippen LogP contribution in [0.5, 0.6) is 0 Å². The van der Waals surface area contributed by atoms with E-state index in [9.17, 15) is 36.6 Å². The average Bonchev–Trinajstić information content (AvgIpc) is 3.23. The number of halogens is 5. The van der Waals surface area contributed by atoms with Crippen LogP contribution in [0.4, 0.5) is 26.7 Å². The van der Waals surface area contributed by atoms with E-state index in [1.807, 2.05) is 0 Å². The Bertz CT molecular complexity index is 1210. The lowest BCUT2D eigenvalue weighted by Gasteiger charge is -2.44. The van der Waals surface area contributed by atoms with Crippen molar-refractivity contribution in [1.82, 2.24) is 10.6 Å². The second-order valence-electron chi connectivity index (χ2n) is 7.40. The number of hydrogen-bond acceptors (Lipinski definition) is 4. The van der Waals surface area contributed by atoms with Gasteiger partial charge in [0.2, 0.25) is 5.72 Å². The van der Waals surface area contributed by atoms with Crippen LogP contribution in [0.1, 0.15) is 22.2 Å². The number of rotatable bonds is 4. The summed E-state index contributed by atoms with van der Waals surface area (Å²) in [6.45, 7) is 0. The van der Waals surface area contributed by atoms with Crippen LogP contribution in [-0.4, -0.2) is 28.8 Å². The SMILES string of the molecule is O=C1N[C@H](c2ccc(-c3cccc(F)c3)o2)[C@@H](C(=O)c2ccc(F)cc2)[C@@](O)(C(F)(F)F)N1. The molecule has 0 radical (unpaired) electrons. The molecule has 1 aliphatic heterocycles. The number of Topliss-reactive ketones (excluding diaryl/α,β-unsaturated/α-hetero) is 1. The molecule has 2 aromatic carbocycles. The van der Waals surface area contributed by atoms with Gasteiger partial charge in [-0.15, -0.1) is 0 Å². The van der Waals surface area contributed by atoms with Crippen molar-refractivity contribution in [1.29, 1.82) is 0 Å². The summed E-state index contributed by atoms with van der Waals surface area (Å²) >= 11 is 0. The van der Waals surface area contributed by atoms with Crippen molar-refractivity contribution in [3.05, 3.63) is 83.6 Å². The monoisotopic (exact) mass is 466 g/mol. The average molecular weight is 466 g/mol. The maximum Gasteiger partial charge on any atom is 0.437 e. The lowest BCUT2D eigenvalue weighted by molar-refractivity contribution is -0.288. The van der Waals surface area contributed by atoms with Crippen LogP contribution < -0.4 is 10.6 Å². The molecule has 3 N–H and O–H groups in total. The number of alkyl halides is 3. The van der Waals surface area contributed by atoms with Crippen LogP contribution in [-0.2, 0) is 0 Å². The molecular weight excluding hydrogens is 451 g/mol. The molecule has 6 nitrogen and oxygen atoms in total. The molecule has 11 heteroatoms. The highest BCUT2D eigenvalue weighted by molar-refractivity contribution is 6.00. The molecule has 172 valence electrons. The summed E-state index contributed by atoms with van der Waals surface area (Å²) in [6, 6.07) is 8.22. The van der Waals surface area contributed by atoms with E-state index >= 15 is 0 Å². The Balaban J connectivity index is 1.81. The van der Waals surface area contributed by atoms with Crippen molar-refractivity contribution in [3.63, 3.8) is 0 Å². The van der Waals surface area contributed by atoms with E-state index in [2.05, 4.69) is 5.32 Å². The summed E-state index contributed by atoms with van der Waals surface area (Å²) in [7, 11) is 0. The van der Waals surface area contributed by atoms with Gasteiger partial charge in [0, 0.05) is 11.1 Å². The van der Waals surface area contributed by atoms with Gasteiger partial charge in [-0.1, -0.05) is 12.1 Å². The van der Waals surface area contributed by atoms with Crippen molar-refractivity contribution in [2.24, 2.45) is 5.92 Å². The third-order valence-corrected chi connectivity index (χ3v) is 5.26. The number of furan rings is 1. The normalized spacial score (nSPS) is 23.0. The maximum absolute atomic E-state index is 13.9. The summed E-state index contributed by atoms with van der Waals surface area (Å²) in [6.07, 6.45) is -5.46. The first-order valence-corrected chi connectivity index (χ1v) is 9.53. The predicted molar refractivity (Wildman–Crippen MR) is 104 cm³/mol. The van der Waals surface area contributed by atoms with E-state index in [0.29, 0.717) is 0 Å². The van der Waals surface area contributed by atoms with E-state index in [1.54, 1.807) is 0 Å². The van der Waals surface area contributed by atoms with E-state index in [0.717, 1.165) is 30.3 Å². The fraction of sp³-hybridized carbons (Fsp3) is 0.182. The summed E-state index contributed by atoms with van der Waals surface area (Å²) in [4.78, 5) is 25.2. The summed E-state index contributed by atoms with van der Waals surface area (Å²) in [5.74, 6) is -5.11. The minimum absolute atomic E-state index is 0.0563. The van der Waals surface area contributed by atoms with Gasteiger partial charge in [-0.05, 0) is 48.5 Å². The van der Waals surface area contributed by atoms with Crippen LogP contribution in [0.25, 0.3) is 11.3 Å². The van der Waals surface area contributed by atoms with Gasteiger partial charge in [-0.3, -0.25) is 4.79 Å². The van der Waals surface area contributed by atoms with Crippen molar-refractivity contribution >= 4 is 11.8 Å². The lowest BCUT2D eigenvalue weighted by Crippen LogP contribution is -2.72. The number of amides is 2. The van der Waals surface area contributed by atoms with Crippen molar-refractivity contribution < 1.29 is 41.1 Å². The zero-order chi connectivity index (χ0) is 24.0. The largest absolute Gasteiger partial charge is 0.459 e. The molecule has 4 rings (SSSR count). The molecule has 2 amide bonds. The summed E-state index contributed by atoms with van der Waals surface area (Å²) in [5.41, 5.74) is -4.03. The van der Waals surface area contributed by atoms with Crippen LogP contribution in [0.3, 0.4) is 0 Å². The highest BCUT2D eigenvalue weighted by Gasteiger charge is 2.66. The molecule has 0 unspecified atom stereocenters. The number of hydrogen-bond donors (Lipinski definition) is 3. The Hall–Kier alpha value is -3.73. The Kier molecular flexibility index (Phi) is 5.44. The van der Waals surface area contributed by atoms with Gasteiger partial charge in [-0.25, -0.2) is 13.6 Å². The molecule has 0 spiro atoms. The first-order valence-electron chi connectivity index (χ1n) is 9.53. The number of carbonyl (C=O) groups is 2. The fourth-order valence-corrected chi connectivity index (χ4v) is 3.69. The number of carbonyl (C=O) groups excluding carboxylic acids is 2. The third-order valence-electron chi connectivity index (χ3n) is 5.26. The van der Waals surface area contributed by atoms with Gasteiger partial charge in [0.25, 0.3) is 0 Å². The number of nitrogens with one attached hydrogen (secondary N) is 2. The number of urea groups is 1. The zero-order valence-electron chi connectivity index (χ0n) is 16.5. The van der Waals surface area contributed by atoms with E-state index in [1.165, 1.54) is 35.6 Å². The van der Waals surface area contributed by atoms with Gasteiger partial charge in [-0.2, -0.15) is 13.2 Å². The lowest BCUT2D eigenvalue weighted by atomic mass is 9.79. The first-order chi connectivity index (χ1) is 15.5. The van der Waals surface area contributed by atoms with Crippen molar-refractivity contribution in [3.8, 4) is 11.3 Å². The van der Waals surface area contributed by atoms with Crippen molar-refractivity contribution in [2.45, 2.75) is 17.9 Å². The molecular formula is C22H15F5N2O4. The van der Waals surface area contributed by atoms with Gasteiger partial charge >= 0.3 is 12.2 Å². The summed E-state index contributed by atoms with van der Waals surface area (Å²) in [5, 5.41) is 14.1. The standard InChI is InChI=1S/C22H15F5N2O4/c23-13-6-4-11(5-7-13)19(30)17-18(28-20(31)29-21(17,32)22(25,26)27)16-9-8-15(33-16)12-2-1-3-14(24)10-12/h1-10,17-18,32H,(H2,28,29,31)/t17-,18+,21+/m0/s1. The molecule has 2 heterocycles. The molecule has 0 bridgehead atoms. The van der Waals surface area contributed by atoms with Crippen LogP contribution in [0.2, 0.25) is 0 Å². The van der Waals surface area contributed by atoms with Gasteiger partial charge in [0.05, 0.1) is 0 Å². The predicted octanol–water partition coefficient (Wildman–Crippen LogP) is 4.33. The Morgan fingerprint density at radius 1 is 1.00 bits per heavy atom. The molecule has 1 saturated heterocycles. The Labute approximate surface area is 183 Å². The molecule has 1 fully saturated rings. The number of aliphatic hydroxyl groups is 1. The van der Waals surface area contributed by atoms with Crippen molar-refractivity contribution in [2.75, 3.05) is 0 Å². The van der Waals surface area contributed by atoms with E-state index in [4.69, 9.17) is 4.42 Å². The van der Waals surface area contributed by atoms with Crippen LogP contribution >= 0.6 is 0 Å². The number of benzene rings is 2. The molecule has 33 heavy (non-hydrogen) atoms. The van der Waals surface area contributed by atoms with Gasteiger partial charge < -0.3 is 20.2 Å². The van der Waals surface area contributed by atoms with E-state index < -0.39 is 47.3 Å². The highest BCUT2D eigenvalue weighted by atomic mass is 19.4. The quantitative estimate of drug-likeness (QED) is 0.394. The van der Waals surface area contributed by atoms with Gasteiger partial charge in [0.15, 0.2) is 5.78 Å². The fourth-order valence-electron chi connectivity index (χ4n) is 3.69. The first kappa shape index (κ1) is 22.5. The smallest absolute Gasteiger partial charge is 0.437 e. The molecule has 0 saturated carbocycles. The molecule has 3 aromatic rings. The molecule has 1 aliphatic rings. The van der Waals surface area contributed by atoms with Gasteiger partial charge in [0.1, 0.15) is 35.1 Å². The molecule has 0 aliphatic carbocycles. The highest BCUT2D eigenvalue weighted by Crippen LogP contribution is 2.44. The summed E-state index contributed by atoms with van der Waals surface area (Å²) < 4.78 is 74.1. The second kappa shape index (κ2) is 8.00. The van der Waals surface area contributed by atoms with E-state index in [-0.39, 0.29) is 22.6 Å². The second-order valence-corrected chi connectivity index (χ2v) is 7.40. The zero-order valence-corrected chi connectivity index (χ0v) is 16.5. The Morgan fingerprint density at radius 3 is 2.33 bits per heavy atom. The minimum atomic E-state index is -5.46. The minimum Gasteiger partial charge on any atom is -0.459 e. The molecule has 1 aromatic heterocycles.